The number of hydrogen-bond donors (Lipinski definition) is 2. The largest absolute Gasteiger partial charge is 0.493 e. The van der Waals surface area contributed by atoms with Gasteiger partial charge in [0, 0.05) is 39.6 Å². The maximum atomic E-state index is 5.64. The summed E-state index contributed by atoms with van der Waals surface area (Å²) in [5.41, 5.74) is 5.40. The van der Waals surface area contributed by atoms with E-state index in [1.807, 2.05) is 6.07 Å². The fourth-order valence-electron chi connectivity index (χ4n) is 4.57. The molecule has 2 heterocycles. The summed E-state index contributed by atoms with van der Waals surface area (Å²) >= 11 is 0. The number of hydrogen-bond acceptors (Lipinski definition) is 2. The molecular weight excluding hydrogens is 372 g/mol. The van der Waals surface area contributed by atoms with Crippen molar-refractivity contribution < 1.29 is 9.47 Å². The fraction of sp³-hybridized carbons (Fsp3) is 0.154. The second kappa shape index (κ2) is 6.99. The number of nitrogens with one attached hydrogen (secondary N) is 2. The molecule has 3 aromatic carbocycles. The van der Waals surface area contributed by atoms with Crippen LogP contribution in [0.25, 0.3) is 21.8 Å². The third-order valence-corrected chi connectivity index (χ3v) is 6.22. The second-order valence-electron chi connectivity index (χ2n) is 7.69. The van der Waals surface area contributed by atoms with Crippen molar-refractivity contribution in [2.45, 2.75) is 12.3 Å². The number of rotatable bonds is 5. The Hall–Kier alpha value is -3.66. The normalized spacial score (nSPS) is 11.8. The van der Waals surface area contributed by atoms with Crippen LogP contribution in [0.15, 0.2) is 79.1 Å². The minimum absolute atomic E-state index is 0.418. The van der Waals surface area contributed by atoms with Gasteiger partial charge in [0.25, 0.3) is 0 Å². The quantitative estimate of drug-likeness (QED) is 0.382. The Morgan fingerprint density at radius 3 is 1.73 bits per heavy atom. The number of para-hydroxylation sites is 2. The highest BCUT2D eigenvalue weighted by Gasteiger charge is 2.36. The molecular formula is C26H24N2O2. The lowest BCUT2D eigenvalue weighted by Gasteiger charge is -2.31. The molecule has 4 heteroatoms. The number of ether oxygens (including phenoxy) is 2. The standard InChI is InChI=1S/C26H24N2O2/c1-26(17-12-13-24(29-2)25(14-17)30-3,20-15-27-22-10-6-4-8-18(20)22)21-16-28-23-11-7-5-9-19(21)23/h4-16,27-28H,1-3H3. The predicted molar refractivity (Wildman–Crippen MR) is 122 cm³/mol. The van der Waals surface area contributed by atoms with Gasteiger partial charge in [0.15, 0.2) is 11.5 Å². The van der Waals surface area contributed by atoms with Gasteiger partial charge >= 0.3 is 0 Å². The Morgan fingerprint density at radius 2 is 1.20 bits per heavy atom. The summed E-state index contributed by atoms with van der Waals surface area (Å²) in [4.78, 5) is 6.92. The number of methoxy groups -OCH3 is 2. The van der Waals surface area contributed by atoms with Crippen molar-refractivity contribution in [2.24, 2.45) is 0 Å². The monoisotopic (exact) mass is 396 g/mol. The smallest absolute Gasteiger partial charge is 0.161 e. The van der Waals surface area contributed by atoms with Crippen LogP contribution in [0.4, 0.5) is 0 Å². The Morgan fingerprint density at radius 1 is 0.667 bits per heavy atom. The Labute approximate surface area is 175 Å². The van der Waals surface area contributed by atoms with Crippen LogP contribution in [-0.4, -0.2) is 24.2 Å². The van der Waals surface area contributed by atoms with Gasteiger partial charge in [-0.3, -0.25) is 0 Å². The highest BCUT2D eigenvalue weighted by Crippen LogP contribution is 2.46. The molecule has 0 radical (unpaired) electrons. The van der Waals surface area contributed by atoms with E-state index in [2.05, 4.69) is 89.9 Å². The van der Waals surface area contributed by atoms with Crippen LogP contribution in [0.5, 0.6) is 11.5 Å². The lowest BCUT2D eigenvalue weighted by atomic mass is 9.71. The molecule has 2 aromatic heterocycles. The Balaban J connectivity index is 1.85. The number of fused-ring (bicyclic) bond motifs is 2. The summed E-state index contributed by atoms with van der Waals surface area (Å²) < 4.78 is 11.1. The topological polar surface area (TPSA) is 50.0 Å². The van der Waals surface area contributed by atoms with Crippen LogP contribution in [0.2, 0.25) is 0 Å². The SMILES string of the molecule is COc1ccc(C(C)(c2c[nH]c3ccccc23)c2c[nH]c3ccccc23)cc1OC. The van der Waals surface area contributed by atoms with Gasteiger partial charge in [0.2, 0.25) is 0 Å². The molecule has 0 fully saturated rings. The van der Waals surface area contributed by atoms with Gasteiger partial charge in [-0.2, -0.15) is 0 Å². The zero-order valence-corrected chi connectivity index (χ0v) is 17.3. The number of H-pyrrole nitrogens is 2. The van der Waals surface area contributed by atoms with Gasteiger partial charge in [-0.05, 0) is 47.9 Å². The summed E-state index contributed by atoms with van der Waals surface area (Å²) in [5, 5.41) is 2.42. The summed E-state index contributed by atoms with van der Waals surface area (Å²) in [6.45, 7) is 2.28. The molecule has 0 saturated heterocycles. The third kappa shape index (κ3) is 2.61. The first kappa shape index (κ1) is 18.4. The van der Waals surface area contributed by atoms with E-state index in [0.29, 0.717) is 0 Å². The van der Waals surface area contributed by atoms with Gasteiger partial charge in [-0.15, -0.1) is 0 Å². The Bertz CT molecular complexity index is 1270. The maximum absolute atomic E-state index is 5.64. The summed E-state index contributed by atoms with van der Waals surface area (Å²) in [7, 11) is 3.34. The van der Waals surface area contributed by atoms with Crippen LogP contribution in [0, 0.1) is 0 Å². The van der Waals surface area contributed by atoms with Crippen LogP contribution in [0.1, 0.15) is 23.6 Å². The molecule has 150 valence electrons. The molecule has 30 heavy (non-hydrogen) atoms. The zero-order chi connectivity index (χ0) is 20.7. The van der Waals surface area contributed by atoms with Crippen LogP contribution in [0.3, 0.4) is 0 Å². The van der Waals surface area contributed by atoms with E-state index in [-0.39, 0.29) is 0 Å². The van der Waals surface area contributed by atoms with E-state index in [1.54, 1.807) is 14.2 Å². The molecule has 0 bridgehead atoms. The van der Waals surface area contributed by atoms with Gasteiger partial charge in [-0.25, -0.2) is 0 Å². The van der Waals surface area contributed by atoms with Crippen molar-refractivity contribution in [3.8, 4) is 11.5 Å². The van der Waals surface area contributed by atoms with Crippen molar-refractivity contribution in [3.63, 3.8) is 0 Å². The van der Waals surface area contributed by atoms with E-state index < -0.39 is 5.41 Å². The minimum atomic E-state index is -0.418. The van der Waals surface area contributed by atoms with Crippen molar-refractivity contribution in [2.75, 3.05) is 14.2 Å². The van der Waals surface area contributed by atoms with Crippen molar-refractivity contribution in [3.05, 3.63) is 95.8 Å². The number of aromatic nitrogens is 2. The fourth-order valence-corrected chi connectivity index (χ4v) is 4.57. The van der Waals surface area contributed by atoms with Gasteiger partial charge < -0.3 is 19.4 Å². The highest BCUT2D eigenvalue weighted by molar-refractivity contribution is 5.90. The highest BCUT2D eigenvalue weighted by atomic mass is 16.5. The minimum Gasteiger partial charge on any atom is -0.493 e. The molecule has 0 aliphatic rings. The molecule has 5 aromatic rings. The van der Waals surface area contributed by atoms with Crippen LogP contribution < -0.4 is 9.47 Å². The lowest BCUT2D eigenvalue weighted by molar-refractivity contribution is 0.354. The maximum Gasteiger partial charge on any atom is 0.161 e. The molecule has 0 spiro atoms. The molecule has 4 nitrogen and oxygen atoms in total. The molecule has 2 N–H and O–H groups in total. The van der Waals surface area contributed by atoms with E-state index in [4.69, 9.17) is 9.47 Å². The van der Waals surface area contributed by atoms with Gasteiger partial charge in [0.05, 0.1) is 14.2 Å². The van der Waals surface area contributed by atoms with Crippen molar-refractivity contribution >= 4 is 21.8 Å². The van der Waals surface area contributed by atoms with E-state index >= 15 is 0 Å². The average Bonchev–Trinajstić information content (AvgIpc) is 3.43. The first-order valence-corrected chi connectivity index (χ1v) is 10.0. The van der Waals surface area contributed by atoms with E-state index in [9.17, 15) is 0 Å². The first-order chi connectivity index (χ1) is 14.7. The number of aromatic amines is 2. The second-order valence-corrected chi connectivity index (χ2v) is 7.69. The van der Waals surface area contributed by atoms with Gasteiger partial charge in [0.1, 0.15) is 0 Å². The van der Waals surface area contributed by atoms with E-state index in [0.717, 1.165) is 28.1 Å². The molecule has 0 saturated carbocycles. The molecule has 0 aliphatic heterocycles. The molecule has 0 aliphatic carbocycles. The average molecular weight is 396 g/mol. The van der Waals surface area contributed by atoms with Gasteiger partial charge in [-0.1, -0.05) is 42.5 Å². The zero-order valence-electron chi connectivity index (χ0n) is 17.3. The van der Waals surface area contributed by atoms with Crippen LogP contribution in [-0.2, 0) is 5.41 Å². The molecule has 0 amide bonds. The van der Waals surface area contributed by atoms with E-state index in [1.165, 1.54) is 21.9 Å². The van der Waals surface area contributed by atoms with Crippen LogP contribution >= 0.6 is 0 Å². The molecule has 5 rings (SSSR count). The summed E-state index contributed by atoms with van der Waals surface area (Å²) in [5.74, 6) is 1.45. The summed E-state index contributed by atoms with van der Waals surface area (Å²) in [6, 6.07) is 23.1. The third-order valence-electron chi connectivity index (χ3n) is 6.22. The summed E-state index contributed by atoms with van der Waals surface area (Å²) in [6.07, 6.45) is 4.26. The predicted octanol–water partition coefficient (Wildman–Crippen LogP) is 6.02. The lowest BCUT2D eigenvalue weighted by Crippen LogP contribution is -2.25. The van der Waals surface area contributed by atoms with Crippen molar-refractivity contribution in [1.29, 1.82) is 0 Å². The molecule has 0 atom stereocenters. The number of benzene rings is 3. The first-order valence-electron chi connectivity index (χ1n) is 10.0. The van der Waals surface area contributed by atoms with Crippen molar-refractivity contribution in [1.82, 2.24) is 9.97 Å². The Kier molecular flexibility index (Phi) is 4.28. The molecule has 0 unspecified atom stereocenters.